The van der Waals surface area contributed by atoms with E-state index in [1.165, 1.54) is 7.11 Å². The standard InChI is InChI=1S/C11H12O3/c1-6-5-9(13)11(14-2)7-3-4-8(12)10(6)7/h5,13H,3-4H2,1-2H3. The summed E-state index contributed by atoms with van der Waals surface area (Å²) in [5.41, 5.74) is 2.43. The van der Waals surface area contributed by atoms with Crippen molar-refractivity contribution in [1.82, 2.24) is 0 Å². The zero-order valence-electron chi connectivity index (χ0n) is 8.26. The Hall–Kier alpha value is -1.51. The van der Waals surface area contributed by atoms with Gasteiger partial charge in [0.15, 0.2) is 17.3 Å². The van der Waals surface area contributed by atoms with Crippen LogP contribution >= 0.6 is 0 Å². The summed E-state index contributed by atoms with van der Waals surface area (Å²) in [7, 11) is 1.51. The van der Waals surface area contributed by atoms with E-state index in [2.05, 4.69) is 0 Å². The maximum atomic E-state index is 11.5. The number of hydrogen-bond donors (Lipinski definition) is 1. The number of Topliss-reactive ketones (excluding diaryl/α,β-unsaturated/α-hetero) is 1. The van der Waals surface area contributed by atoms with E-state index in [1.807, 2.05) is 6.92 Å². The molecule has 3 nitrogen and oxygen atoms in total. The van der Waals surface area contributed by atoms with E-state index in [9.17, 15) is 9.90 Å². The minimum atomic E-state index is 0.124. The van der Waals surface area contributed by atoms with Gasteiger partial charge < -0.3 is 9.84 Å². The second-order valence-electron chi connectivity index (χ2n) is 3.52. The third kappa shape index (κ3) is 1.09. The Balaban J connectivity index is 2.72. The van der Waals surface area contributed by atoms with Gasteiger partial charge in [0.25, 0.3) is 0 Å². The molecule has 0 aliphatic heterocycles. The van der Waals surface area contributed by atoms with Gasteiger partial charge in [-0.1, -0.05) is 0 Å². The SMILES string of the molecule is COc1c(O)cc(C)c2c1CCC2=O. The molecule has 1 aliphatic carbocycles. The summed E-state index contributed by atoms with van der Waals surface area (Å²) in [4.78, 5) is 11.5. The maximum absolute atomic E-state index is 11.5. The van der Waals surface area contributed by atoms with Gasteiger partial charge in [0, 0.05) is 17.5 Å². The number of rotatable bonds is 1. The molecule has 1 aliphatic rings. The molecule has 1 aromatic carbocycles. The molecule has 0 fully saturated rings. The monoisotopic (exact) mass is 192 g/mol. The topological polar surface area (TPSA) is 46.5 Å². The van der Waals surface area contributed by atoms with Crippen molar-refractivity contribution in [2.45, 2.75) is 19.8 Å². The fourth-order valence-corrected chi connectivity index (χ4v) is 2.07. The highest BCUT2D eigenvalue weighted by molar-refractivity contribution is 6.02. The number of ether oxygens (including phenoxy) is 1. The zero-order valence-corrected chi connectivity index (χ0v) is 8.26. The number of carbonyl (C=O) groups excluding carboxylic acids is 1. The molecule has 0 radical (unpaired) electrons. The molecular weight excluding hydrogens is 180 g/mol. The number of hydrogen-bond acceptors (Lipinski definition) is 3. The Kier molecular flexibility index (Phi) is 1.95. The minimum absolute atomic E-state index is 0.124. The van der Waals surface area contributed by atoms with Crippen LogP contribution in [-0.4, -0.2) is 18.0 Å². The number of methoxy groups -OCH3 is 1. The Morgan fingerprint density at radius 3 is 2.79 bits per heavy atom. The lowest BCUT2D eigenvalue weighted by Gasteiger charge is -2.10. The summed E-state index contributed by atoms with van der Waals surface area (Å²) >= 11 is 0. The fourth-order valence-electron chi connectivity index (χ4n) is 2.07. The summed E-state index contributed by atoms with van der Waals surface area (Å²) in [6, 6.07) is 1.58. The largest absolute Gasteiger partial charge is 0.504 e. The van der Waals surface area contributed by atoms with Crippen LogP contribution < -0.4 is 4.74 Å². The number of carbonyl (C=O) groups is 1. The number of ketones is 1. The van der Waals surface area contributed by atoms with Crippen molar-refractivity contribution in [2.75, 3.05) is 7.11 Å². The van der Waals surface area contributed by atoms with E-state index in [0.717, 1.165) is 16.7 Å². The zero-order chi connectivity index (χ0) is 10.3. The number of benzene rings is 1. The molecule has 0 bridgehead atoms. The maximum Gasteiger partial charge on any atom is 0.164 e. The fraction of sp³-hybridized carbons (Fsp3) is 0.364. The van der Waals surface area contributed by atoms with Crippen LogP contribution in [0.15, 0.2) is 6.07 Å². The van der Waals surface area contributed by atoms with Gasteiger partial charge in [-0.05, 0) is 25.0 Å². The van der Waals surface area contributed by atoms with Gasteiger partial charge in [0.1, 0.15) is 0 Å². The summed E-state index contributed by atoms with van der Waals surface area (Å²) in [5.74, 6) is 0.728. The average Bonchev–Trinajstić information content (AvgIpc) is 2.49. The molecule has 14 heavy (non-hydrogen) atoms. The quantitative estimate of drug-likeness (QED) is 0.738. The normalized spacial score (nSPS) is 14.3. The third-order valence-electron chi connectivity index (χ3n) is 2.64. The van der Waals surface area contributed by atoms with Crippen LogP contribution in [0.25, 0.3) is 0 Å². The molecule has 74 valence electrons. The number of aryl methyl sites for hydroxylation is 1. The first-order chi connectivity index (χ1) is 6.65. The molecule has 2 rings (SSSR count). The van der Waals surface area contributed by atoms with Crippen molar-refractivity contribution >= 4 is 5.78 Å². The number of fused-ring (bicyclic) bond motifs is 1. The smallest absolute Gasteiger partial charge is 0.164 e. The summed E-state index contributed by atoms with van der Waals surface area (Å²) in [5, 5.41) is 9.61. The molecule has 0 amide bonds. The lowest BCUT2D eigenvalue weighted by molar-refractivity contribution is 0.0994. The highest BCUT2D eigenvalue weighted by atomic mass is 16.5. The second-order valence-corrected chi connectivity index (χ2v) is 3.52. The van der Waals surface area contributed by atoms with Gasteiger partial charge in [-0.15, -0.1) is 0 Å². The Labute approximate surface area is 82.3 Å². The van der Waals surface area contributed by atoms with E-state index >= 15 is 0 Å². The molecule has 0 unspecified atom stereocenters. The molecule has 0 saturated heterocycles. The number of aromatic hydroxyl groups is 1. The molecule has 1 aromatic rings. The second kappa shape index (κ2) is 3.01. The van der Waals surface area contributed by atoms with Gasteiger partial charge in [0.2, 0.25) is 0 Å². The van der Waals surface area contributed by atoms with Crippen molar-refractivity contribution in [3.63, 3.8) is 0 Å². The first-order valence-corrected chi connectivity index (χ1v) is 4.57. The molecule has 0 spiro atoms. The van der Waals surface area contributed by atoms with E-state index in [-0.39, 0.29) is 11.5 Å². The van der Waals surface area contributed by atoms with Gasteiger partial charge in [0.05, 0.1) is 7.11 Å². The predicted molar refractivity (Wildman–Crippen MR) is 52.0 cm³/mol. The first-order valence-electron chi connectivity index (χ1n) is 4.57. The summed E-state index contributed by atoms with van der Waals surface area (Å²) < 4.78 is 5.09. The summed E-state index contributed by atoms with van der Waals surface area (Å²) in [6.07, 6.45) is 1.20. The molecular formula is C11H12O3. The predicted octanol–water partition coefficient (Wildman–Crippen LogP) is 1.84. The van der Waals surface area contributed by atoms with E-state index in [4.69, 9.17) is 4.74 Å². The average molecular weight is 192 g/mol. The van der Waals surface area contributed by atoms with Gasteiger partial charge >= 0.3 is 0 Å². The van der Waals surface area contributed by atoms with Crippen molar-refractivity contribution in [3.05, 3.63) is 22.8 Å². The molecule has 0 heterocycles. The van der Waals surface area contributed by atoms with E-state index in [1.54, 1.807) is 6.07 Å². The Bertz CT molecular complexity index is 407. The van der Waals surface area contributed by atoms with Crippen LogP contribution in [0, 0.1) is 6.92 Å². The van der Waals surface area contributed by atoms with Gasteiger partial charge in [-0.2, -0.15) is 0 Å². The Morgan fingerprint density at radius 2 is 2.14 bits per heavy atom. The van der Waals surface area contributed by atoms with Crippen molar-refractivity contribution in [3.8, 4) is 11.5 Å². The van der Waals surface area contributed by atoms with Crippen LogP contribution in [0.4, 0.5) is 0 Å². The highest BCUT2D eigenvalue weighted by Crippen LogP contribution is 2.39. The summed E-state index contributed by atoms with van der Waals surface area (Å²) in [6.45, 7) is 1.83. The van der Waals surface area contributed by atoms with Gasteiger partial charge in [-0.25, -0.2) is 0 Å². The van der Waals surface area contributed by atoms with Crippen LogP contribution in [0.3, 0.4) is 0 Å². The van der Waals surface area contributed by atoms with Crippen LogP contribution in [-0.2, 0) is 6.42 Å². The van der Waals surface area contributed by atoms with Crippen molar-refractivity contribution in [1.29, 1.82) is 0 Å². The van der Waals surface area contributed by atoms with Crippen molar-refractivity contribution in [2.24, 2.45) is 0 Å². The van der Waals surface area contributed by atoms with Crippen LogP contribution in [0.2, 0.25) is 0 Å². The molecule has 3 heteroatoms. The molecule has 0 atom stereocenters. The lowest BCUT2D eigenvalue weighted by atomic mass is 10.0. The number of phenolic OH excluding ortho intramolecular Hbond substituents is 1. The molecule has 0 saturated carbocycles. The Morgan fingerprint density at radius 1 is 1.43 bits per heavy atom. The van der Waals surface area contributed by atoms with E-state index < -0.39 is 0 Å². The van der Waals surface area contributed by atoms with E-state index in [0.29, 0.717) is 18.6 Å². The number of phenols is 1. The van der Waals surface area contributed by atoms with Crippen LogP contribution in [0.5, 0.6) is 11.5 Å². The minimum Gasteiger partial charge on any atom is -0.504 e. The third-order valence-corrected chi connectivity index (χ3v) is 2.64. The lowest BCUT2D eigenvalue weighted by Crippen LogP contribution is -1.98. The highest BCUT2D eigenvalue weighted by Gasteiger charge is 2.26. The first kappa shape index (κ1) is 9.06. The molecule has 0 aromatic heterocycles. The van der Waals surface area contributed by atoms with Gasteiger partial charge in [-0.3, -0.25) is 4.79 Å². The molecule has 1 N–H and O–H groups in total. The van der Waals surface area contributed by atoms with Crippen LogP contribution in [0.1, 0.15) is 27.9 Å². The van der Waals surface area contributed by atoms with Crippen molar-refractivity contribution < 1.29 is 14.6 Å².